The predicted octanol–water partition coefficient (Wildman–Crippen LogP) is 4.89. The van der Waals surface area contributed by atoms with Crippen LogP contribution < -0.4 is 24.8 Å². The number of amides is 2. The zero-order valence-corrected chi connectivity index (χ0v) is 16.2. The second kappa shape index (κ2) is 9.78. The summed E-state index contributed by atoms with van der Waals surface area (Å²) in [6, 6.07) is 7.11. The molecule has 2 rings (SSSR count). The van der Waals surface area contributed by atoms with Gasteiger partial charge in [-0.1, -0.05) is 11.6 Å². The van der Waals surface area contributed by atoms with E-state index in [0.717, 1.165) is 0 Å². The first-order valence-corrected chi connectivity index (χ1v) is 8.99. The second-order valence-electron chi connectivity index (χ2n) is 5.34. The lowest BCUT2D eigenvalue weighted by Gasteiger charge is -2.17. The first kappa shape index (κ1) is 20.5. The van der Waals surface area contributed by atoms with Crippen molar-refractivity contribution in [2.75, 3.05) is 30.5 Å². The lowest BCUT2D eigenvalue weighted by Crippen LogP contribution is -2.19. The highest BCUT2D eigenvalue weighted by molar-refractivity contribution is 6.31. The third-order valence-corrected chi connectivity index (χ3v) is 3.61. The fourth-order valence-corrected chi connectivity index (χ4v) is 2.53. The van der Waals surface area contributed by atoms with Crippen molar-refractivity contribution in [3.63, 3.8) is 0 Å². The molecule has 7 nitrogen and oxygen atoms in total. The van der Waals surface area contributed by atoms with Gasteiger partial charge >= 0.3 is 6.03 Å². The minimum absolute atomic E-state index is 0.0914. The van der Waals surface area contributed by atoms with Gasteiger partial charge in [-0.25, -0.2) is 4.79 Å². The molecule has 0 aromatic heterocycles. The summed E-state index contributed by atoms with van der Waals surface area (Å²) in [5, 5.41) is 15.4. The number of hydrogen-bond acceptors (Lipinski definition) is 5. The van der Waals surface area contributed by atoms with E-state index in [4.69, 9.17) is 25.8 Å². The first-order chi connectivity index (χ1) is 13.0. The third kappa shape index (κ3) is 5.59. The number of rotatable bonds is 8. The maximum atomic E-state index is 12.3. The monoisotopic (exact) mass is 394 g/mol. The minimum atomic E-state index is -0.554. The van der Waals surface area contributed by atoms with Gasteiger partial charge in [0.05, 0.1) is 31.2 Å². The van der Waals surface area contributed by atoms with Crippen molar-refractivity contribution in [1.82, 2.24) is 0 Å². The quantitative estimate of drug-likeness (QED) is 0.555. The van der Waals surface area contributed by atoms with Crippen molar-refractivity contribution in [1.29, 1.82) is 0 Å². The Balaban J connectivity index is 2.26. The number of carbonyl (C=O) groups is 1. The molecule has 146 valence electrons. The summed E-state index contributed by atoms with van der Waals surface area (Å²) in [5.41, 5.74) is 0.644. The van der Waals surface area contributed by atoms with E-state index in [-0.39, 0.29) is 11.4 Å². The van der Waals surface area contributed by atoms with Gasteiger partial charge in [0.15, 0.2) is 11.5 Å². The number of halogens is 1. The van der Waals surface area contributed by atoms with Crippen LogP contribution in [0.2, 0.25) is 5.02 Å². The molecule has 0 aliphatic heterocycles. The summed E-state index contributed by atoms with van der Waals surface area (Å²) in [7, 11) is 0. The highest BCUT2D eigenvalue weighted by Crippen LogP contribution is 2.41. The molecule has 0 atom stereocenters. The average Bonchev–Trinajstić information content (AvgIpc) is 2.61. The van der Waals surface area contributed by atoms with Gasteiger partial charge in [0, 0.05) is 17.2 Å². The number of phenols is 1. The maximum Gasteiger partial charge on any atom is 0.323 e. The third-order valence-electron chi connectivity index (χ3n) is 3.37. The Morgan fingerprint density at radius 1 is 0.963 bits per heavy atom. The van der Waals surface area contributed by atoms with E-state index < -0.39 is 6.03 Å². The van der Waals surface area contributed by atoms with Crippen LogP contribution in [0, 0.1) is 0 Å². The van der Waals surface area contributed by atoms with Crippen molar-refractivity contribution >= 4 is 29.0 Å². The highest BCUT2D eigenvalue weighted by atomic mass is 35.5. The summed E-state index contributed by atoms with van der Waals surface area (Å²) in [4.78, 5) is 12.3. The summed E-state index contributed by atoms with van der Waals surface area (Å²) in [6.07, 6.45) is 0. The molecule has 0 unspecified atom stereocenters. The van der Waals surface area contributed by atoms with Crippen LogP contribution in [0.25, 0.3) is 0 Å². The van der Waals surface area contributed by atoms with Crippen LogP contribution in [0.4, 0.5) is 16.2 Å². The number of carbonyl (C=O) groups excluding carboxylic acids is 1. The number of anilines is 2. The van der Waals surface area contributed by atoms with Gasteiger partial charge in [0.2, 0.25) is 5.75 Å². The van der Waals surface area contributed by atoms with Gasteiger partial charge < -0.3 is 30.0 Å². The van der Waals surface area contributed by atoms with Crippen LogP contribution in [0.5, 0.6) is 23.0 Å². The molecule has 0 spiro atoms. The topological polar surface area (TPSA) is 89.1 Å². The summed E-state index contributed by atoms with van der Waals surface area (Å²) in [6.45, 7) is 6.87. The SMILES string of the molecule is CCOc1cc(NC(=O)Nc2cc(Cl)ccc2O)cc(OCC)c1OCC. The van der Waals surface area contributed by atoms with Gasteiger partial charge in [-0.2, -0.15) is 0 Å². The largest absolute Gasteiger partial charge is 0.506 e. The maximum absolute atomic E-state index is 12.3. The minimum Gasteiger partial charge on any atom is -0.506 e. The van der Waals surface area contributed by atoms with Gasteiger partial charge in [-0.15, -0.1) is 0 Å². The van der Waals surface area contributed by atoms with E-state index in [0.29, 0.717) is 47.8 Å². The number of urea groups is 1. The number of benzene rings is 2. The van der Waals surface area contributed by atoms with Crippen LogP contribution in [0.3, 0.4) is 0 Å². The van der Waals surface area contributed by atoms with E-state index >= 15 is 0 Å². The summed E-state index contributed by atoms with van der Waals surface area (Å²) < 4.78 is 16.9. The number of nitrogens with one attached hydrogen (secondary N) is 2. The fraction of sp³-hybridized carbons (Fsp3) is 0.316. The van der Waals surface area contributed by atoms with Crippen molar-refractivity contribution in [2.45, 2.75) is 20.8 Å². The molecule has 2 aromatic carbocycles. The van der Waals surface area contributed by atoms with Crippen molar-refractivity contribution in [2.24, 2.45) is 0 Å². The first-order valence-electron chi connectivity index (χ1n) is 8.61. The number of aromatic hydroxyl groups is 1. The van der Waals surface area contributed by atoms with E-state index in [1.165, 1.54) is 18.2 Å². The Morgan fingerprint density at radius 3 is 2.11 bits per heavy atom. The Labute approximate surface area is 163 Å². The Kier molecular flexibility index (Phi) is 7.43. The Bertz CT molecular complexity index is 771. The second-order valence-corrected chi connectivity index (χ2v) is 5.78. The fourth-order valence-electron chi connectivity index (χ4n) is 2.35. The number of hydrogen-bond donors (Lipinski definition) is 3. The standard InChI is InChI=1S/C19H23ClN2O5/c1-4-25-16-10-13(11-17(26-5-2)18(16)27-6-3)21-19(24)22-14-9-12(20)7-8-15(14)23/h7-11,23H,4-6H2,1-3H3,(H2,21,22,24). The van der Waals surface area contributed by atoms with Crippen molar-refractivity contribution in [3.8, 4) is 23.0 Å². The molecular formula is C19H23ClN2O5. The Morgan fingerprint density at radius 2 is 1.56 bits per heavy atom. The van der Waals surface area contributed by atoms with Gasteiger partial charge in [-0.3, -0.25) is 0 Å². The summed E-state index contributed by atoms with van der Waals surface area (Å²) in [5.74, 6) is 1.32. The average molecular weight is 395 g/mol. The molecule has 0 heterocycles. The molecule has 2 aromatic rings. The molecule has 0 radical (unpaired) electrons. The zero-order valence-electron chi connectivity index (χ0n) is 15.5. The van der Waals surface area contributed by atoms with E-state index in [1.54, 1.807) is 12.1 Å². The molecule has 0 aliphatic rings. The smallest absolute Gasteiger partial charge is 0.323 e. The molecular weight excluding hydrogens is 372 g/mol. The lowest BCUT2D eigenvalue weighted by atomic mass is 10.2. The van der Waals surface area contributed by atoms with Gasteiger partial charge in [0.25, 0.3) is 0 Å². The molecule has 8 heteroatoms. The summed E-state index contributed by atoms with van der Waals surface area (Å²) >= 11 is 5.89. The predicted molar refractivity (Wildman–Crippen MR) is 106 cm³/mol. The normalized spacial score (nSPS) is 10.2. The number of phenolic OH excluding ortho intramolecular Hbond substituents is 1. The van der Waals surface area contributed by atoms with Crippen LogP contribution in [0.1, 0.15) is 20.8 Å². The molecule has 0 fully saturated rings. The molecule has 3 N–H and O–H groups in total. The van der Waals surface area contributed by atoms with Crippen LogP contribution in [0.15, 0.2) is 30.3 Å². The van der Waals surface area contributed by atoms with Crippen molar-refractivity contribution < 1.29 is 24.1 Å². The van der Waals surface area contributed by atoms with E-state index in [9.17, 15) is 9.90 Å². The van der Waals surface area contributed by atoms with Crippen LogP contribution in [-0.2, 0) is 0 Å². The Hall–Kier alpha value is -2.80. The molecule has 0 bridgehead atoms. The van der Waals surface area contributed by atoms with Gasteiger partial charge in [0.1, 0.15) is 5.75 Å². The highest BCUT2D eigenvalue weighted by Gasteiger charge is 2.16. The molecule has 0 aliphatic carbocycles. The van der Waals surface area contributed by atoms with Gasteiger partial charge in [-0.05, 0) is 39.0 Å². The van der Waals surface area contributed by atoms with Crippen LogP contribution >= 0.6 is 11.6 Å². The van der Waals surface area contributed by atoms with Crippen LogP contribution in [-0.4, -0.2) is 31.0 Å². The molecule has 0 saturated heterocycles. The lowest BCUT2D eigenvalue weighted by molar-refractivity contribution is 0.260. The van der Waals surface area contributed by atoms with E-state index in [2.05, 4.69) is 10.6 Å². The molecule has 0 saturated carbocycles. The van der Waals surface area contributed by atoms with Crippen molar-refractivity contribution in [3.05, 3.63) is 35.4 Å². The zero-order chi connectivity index (χ0) is 19.8. The molecule has 27 heavy (non-hydrogen) atoms. The number of ether oxygens (including phenoxy) is 3. The van der Waals surface area contributed by atoms with E-state index in [1.807, 2.05) is 20.8 Å². The molecule has 2 amide bonds.